The van der Waals surface area contributed by atoms with Crippen LogP contribution in [0.15, 0.2) is 53.1 Å². The molecular weight excluding hydrogens is 313 g/mol. The summed E-state index contributed by atoms with van der Waals surface area (Å²) in [4.78, 5) is 2.57. The first-order chi connectivity index (χ1) is 10.7. The third-order valence-corrected chi connectivity index (χ3v) is 5.78. The van der Waals surface area contributed by atoms with Crippen LogP contribution in [0.5, 0.6) is 0 Å². The Labute approximate surface area is 143 Å². The summed E-state index contributed by atoms with van der Waals surface area (Å²) in [6.45, 7) is 5.62. The lowest BCUT2D eigenvalue weighted by atomic mass is 9.84. The first-order valence-corrected chi connectivity index (χ1v) is 8.96. The Morgan fingerprint density at radius 1 is 1.18 bits per heavy atom. The lowest BCUT2D eigenvalue weighted by molar-refractivity contribution is 0.314. The van der Waals surface area contributed by atoms with E-state index in [2.05, 4.69) is 54.3 Å². The quantitative estimate of drug-likeness (QED) is 0.683. The van der Waals surface area contributed by atoms with Gasteiger partial charge in [0.2, 0.25) is 0 Å². The third-order valence-electron chi connectivity index (χ3n) is 4.88. The molecule has 1 aromatic rings. The number of alkyl halides is 1. The van der Waals surface area contributed by atoms with Gasteiger partial charge < -0.3 is 0 Å². The van der Waals surface area contributed by atoms with Crippen molar-refractivity contribution in [3.63, 3.8) is 0 Å². The summed E-state index contributed by atoms with van der Waals surface area (Å²) in [6.07, 6.45) is 6.48. The summed E-state index contributed by atoms with van der Waals surface area (Å²) in [5, 5.41) is 0.767. The first-order valence-electron chi connectivity index (χ1n) is 8.15. The van der Waals surface area contributed by atoms with Gasteiger partial charge in [-0.05, 0) is 29.6 Å². The van der Waals surface area contributed by atoms with Crippen LogP contribution >= 0.6 is 23.2 Å². The van der Waals surface area contributed by atoms with Gasteiger partial charge in [0.25, 0.3) is 0 Å². The van der Waals surface area contributed by atoms with Crippen molar-refractivity contribution in [1.29, 1.82) is 0 Å². The van der Waals surface area contributed by atoms with Crippen molar-refractivity contribution in [2.45, 2.75) is 31.7 Å². The minimum Gasteiger partial charge on any atom is -0.298 e. The summed E-state index contributed by atoms with van der Waals surface area (Å²) in [5.41, 5.74) is 2.79. The summed E-state index contributed by atoms with van der Waals surface area (Å²) >= 11 is 12.5. The zero-order valence-electron chi connectivity index (χ0n) is 13.0. The Morgan fingerprint density at radius 3 is 2.64 bits per heavy atom. The number of benzene rings is 1. The smallest absolute Gasteiger partial charge is 0.0726 e. The molecule has 0 spiro atoms. The second-order valence-corrected chi connectivity index (χ2v) is 7.35. The van der Waals surface area contributed by atoms with Crippen molar-refractivity contribution in [1.82, 2.24) is 4.90 Å². The molecule has 1 nitrogen and oxygen atoms in total. The van der Waals surface area contributed by atoms with E-state index in [9.17, 15) is 0 Å². The minimum absolute atomic E-state index is 0.0349. The van der Waals surface area contributed by atoms with Crippen LogP contribution in [0.2, 0.25) is 0 Å². The van der Waals surface area contributed by atoms with Crippen LogP contribution in [-0.2, 0) is 6.54 Å². The molecule has 1 aliphatic heterocycles. The Bertz CT molecular complexity index is 564. The molecule has 0 amide bonds. The summed E-state index contributed by atoms with van der Waals surface area (Å²) in [6, 6.07) is 10.7. The summed E-state index contributed by atoms with van der Waals surface area (Å²) in [7, 11) is 0. The second-order valence-electron chi connectivity index (χ2n) is 6.39. The number of likely N-dealkylation sites (tertiary alicyclic amines) is 1. The lowest BCUT2D eigenvalue weighted by Crippen LogP contribution is -2.20. The number of rotatable bonds is 4. The molecule has 1 aliphatic carbocycles. The standard InChI is InChI=1S/C19H23Cl2N/c1-2-15-12-22(11-14-6-4-3-5-7-14)13-17(15)16-8-9-18(20)19(21)10-16/h3-8,10,15,17-18H,2,9,11-13H2,1H3. The average molecular weight is 336 g/mol. The van der Waals surface area contributed by atoms with Crippen molar-refractivity contribution in [3.05, 3.63) is 58.7 Å². The molecule has 118 valence electrons. The van der Waals surface area contributed by atoms with Gasteiger partial charge in [-0.3, -0.25) is 4.90 Å². The molecule has 0 aromatic heterocycles. The molecule has 2 aliphatic rings. The van der Waals surface area contributed by atoms with E-state index in [1.54, 1.807) is 0 Å². The monoisotopic (exact) mass is 335 g/mol. The molecule has 1 aromatic carbocycles. The maximum absolute atomic E-state index is 6.27. The first kappa shape index (κ1) is 16.1. The van der Waals surface area contributed by atoms with Crippen molar-refractivity contribution < 1.29 is 0 Å². The van der Waals surface area contributed by atoms with E-state index in [0.29, 0.717) is 11.8 Å². The van der Waals surface area contributed by atoms with Crippen LogP contribution in [0.3, 0.4) is 0 Å². The molecule has 1 fully saturated rings. The van der Waals surface area contributed by atoms with Gasteiger partial charge in [0.05, 0.1) is 5.38 Å². The Hall–Kier alpha value is -0.760. The predicted octanol–water partition coefficient (Wildman–Crippen LogP) is 5.20. The highest BCUT2D eigenvalue weighted by atomic mass is 35.5. The van der Waals surface area contributed by atoms with Crippen LogP contribution in [0.1, 0.15) is 25.3 Å². The fourth-order valence-electron chi connectivity index (χ4n) is 3.64. The fraction of sp³-hybridized carbons (Fsp3) is 0.474. The van der Waals surface area contributed by atoms with Gasteiger partial charge in [0, 0.05) is 30.6 Å². The van der Waals surface area contributed by atoms with Gasteiger partial charge in [-0.1, -0.05) is 61.4 Å². The molecule has 22 heavy (non-hydrogen) atoms. The molecule has 0 saturated carbocycles. The van der Waals surface area contributed by atoms with E-state index < -0.39 is 0 Å². The van der Waals surface area contributed by atoms with Gasteiger partial charge in [0.1, 0.15) is 0 Å². The van der Waals surface area contributed by atoms with Gasteiger partial charge in [-0.25, -0.2) is 0 Å². The summed E-state index contributed by atoms with van der Waals surface area (Å²) in [5.74, 6) is 1.30. The zero-order valence-corrected chi connectivity index (χ0v) is 14.5. The second kappa shape index (κ2) is 7.21. The van der Waals surface area contributed by atoms with E-state index in [-0.39, 0.29) is 5.38 Å². The number of hydrogen-bond acceptors (Lipinski definition) is 1. The molecule has 0 bridgehead atoms. The molecule has 3 atom stereocenters. The van der Waals surface area contributed by atoms with Crippen LogP contribution in [0, 0.1) is 11.8 Å². The van der Waals surface area contributed by atoms with Crippen molar-refractivity contribution in [3.8, 4) is 0 Å². The zero-order chi connectivity index (χ0) is 15.5. The molecule has 1 heterocycles. The van der Waals surface area contributed by atoms with Gasteiger partial charge in [-0.2, -0.15) is 0 Å². The van der Waals surface area contributed by atoms with Crippen LogP contribution in [-0.4, -0.2) is 23.4 Å². The Balaban J connectivity index is 1.70. The third kappa shape index (κ3) is 3.59. The SMILES string of the molecule is CCC1CN(Cc2ccccc2)CC1C1=CCC(Cl)C(Cl)=C1. The normalized spacial score (nSPS) is 29.3. The van der Waals surface area contributed by atoms with E-state index in [1.807, 2.05) is 0 Å². The van der Waals surface area contributed by atoms with Crippen molar-refractivity contribution in [2.75, 3.05) is 13.1 Å². The van der Waals surface area contributed by atoms with Crippen molar-refractivity contribution in [2.24, 2.45) is 11.8 Å². The van der Waals surface area contributed by atoms with E-state index in [4.69, 9.17) is 23.2 Å². The minimum atomic E-state index is -0.0349. The number of nitrogens with zero attached hydrogens (tertiary/aromatic N) is 1. The molecule has 0 radical (unpaired) electrons. The van der Waals surface area contributed by atoms with Gasteiger partial charge >= 0.3 is 0 Å². The van der Waals surface area contributed by atoms with E-state index in [1.165, 1.54) is 24.1 Å². The van der Waals surface area contributed by atoms with Crippen molar-refractivity contribution >= 4 is 23.2 Å². The van der Waals surface area contributed by atoms with E-state index in [0.717, 1.165) is 24.5 Å². The number of halogens is 2. The molecule has 1 saturated heterocycles. The highest BCUT2D eigenvalue weighted by molar-refractivity contribution is 6.37. The maximum Gasteiger partial charge on any atom is 0.0726 e. The maximum atomic E-state index is 6.27. The highest BCUT2D eigenvalue weighted by Crippen LogP contribution is 2.37. The highest BCUT2D eigenvalue weighted by Gasteiger charge is 2.34. The number of allylic oxidation sites excluding steroid dienone is 3. The summed E-state index contributed by atoms with van der Waals surface area (Å²) < 4.78 is 0. The lowest BCUT2D eigenvalue weighted by Gasteiger charge is -2.22. The fourth-order valence-corrected chi connectivity index (χ4v) is 4.01. The molecule has 3 unspecified atom stereocenters. The molecule has 3 heteroatoms. The van der Waals surface area contributed by atoms with Gasteiger partial charge in [-0.15, -0.1) is 11.6 Å². The van der Waals surface area contributed by atoms with Crippen LogP contribution < -0.4 is 0 Å². The molecular formula is C19H23Cl2N. The predicted molar refractivity (Wildman–Crippen MR) is 95.3 cm³/mol. The van der Waals surface area contributed by atoms with E-state index >= 15 is 0 Å². The van der Waals surface area contributed by atoms with Gasteiger partial charge in [0.15, 0.2) is 0 Å². The largest absolute Gasteiger partial charge is 0.298 e. The molecule has 3 rings (SSSR count). The Morgan fingerprint density at radius 2 is 1.95 bits per heavy atom. The number of hydrogen-bond donors (Lipinski definition) is 0. The molecule has 0 N–H and O–H groups in total. The topological polar surface area (TPSA) is 3.24 Å². The van der Waals surface area contributed by atoms with Crippen LogP contribution in [0.25, 0.3) is 0 Å². The average Bonchev–Trinajstić information content (AvgIpc) is 2.94. The Kier molecular flexibility index (Phi) is 5.28. The van der Waals surface area contributed by atoms with Crippen LogP contribution in [0.4, 0.5) is 0 Å².